The number of halogens is 1. The van der Waals surface area contributed by atoms with Crippen LogP contribution in [0, 0.1) is 12.7 Å². The fraction of sp³-hybridized carbons (Fsp3) is 0.286. The Kier molecular flexibility index (Phi) is 3.87. The van der Waals surface area contributed by atoms with Crippen LogP contribution in [-0.4, -0.2) is 16.5 Å². The Balaban J connectivity index is 2.29. The molecule has 3 nitrogen and oxygen atoms in total. The summed E-state index contributed by atoms with van der Waals surface area (Å²) >= 11 is 0. The number of hydrogen-bond acceptors (Lipinski definition) is 3. The average molecular weight is 245 g/mol. The zero-order valence-electron chi connectivity index (χ0n) is 10.6. The van der Waals surface area contributed by atoms with Crippen LogP contribution in [-0.2, 0) is 0 Å². The fourth-order valence-corrected chi connectivity index (χ4v) is 1.67. The minimum Gasteiger partial charge on any atom is -0.370 e. The van der Waals surface area contributed by atoms with E-state index in [9.17, 15) is 4.39 Å². The second-order valence-corrected chi connectivity index (χ2v) is 4.18. The highest BCUT2D eigenvalue weighted by molar-refractivity contribution is 5.62. The van der Waals surface area contributed by atoms with Crippen molar-refractivity contribution in [1.29, 1.82) is 0 Å². The molecule has 18 heavy (non-hydrogen) atoms. The van der Waals surface area contributed by atoms with Gasteiger partial charge in [-0.05, 0) is 37.1 Å². The van der Waals surface area contributed by atoms with E-state index in [1.165, 1.54) is 12.4 Å². The molecule has 0 fully saturated rings. The van der Waals surface area contributed by atoms with E-state index in [-0.39, 0.29) is 5.82 Å². The van der Waals surface area contributed by atoms with E-state index >= 15 is 0 Å². The Bertz CT molecular complexity index is 540. The smallest absolute Gasteiger partial charge is 0.129 e. The van der Waals surface area contributed by atoms with Gasteiger partial charge < -0.3 is 5.32 Å². The quantitative estimate of drug-likeness (QED) is 0.897. The van der Waals surface area contributed by atoms with Crippen molar-refractivity contribution in [2.24, 2.45) is 0 Å². The Morgan fingerprint density at radius 1 is 1.22 bits per heavy atom. The van der Waals surface area contributed by atoms with Crippen molar-refractivity contribution in [2.45, 2.75) is 20.3 Å². The lowest BCUT2D eigenvalue weighted by molar-refractivity contribution is 0.619. The van der Waals surface area contributed by atoms with E-state index in [0.717, 1.165) is 30.0 Å². The molecule has 2 aromatic rings. The minimum absolute atomic E-state index is 0.197. The maximum atomic E-state index is 13.2. The van der Waals surface area contributed by atoms with E-state index in [0.29, 0.717) is 5.56 Å². The van der Waals surface area contributed by atoms with Gasteiger partial charge in [0.1, 0.15) is 18.0 Å². The highest BCUT2D eigenvalue weighted by atomic mass is 19.1. The zero-order chi connectivity index (χ0) is 13.0. The predicted octanol–water partition coefficient (Wildman–Crippen LogP) is 3.41. The van der Waals surface area contributed by atoms with Gasteiger partial charge >= 0.3 is 0 Å². The Morgan fingerprint density at radius 2 is 2.06 bits per heavy atom. The summed E-state index contributed by atoms with van der Waals surface area (Å²) in [5, 5.41) is 3.21. The molecule has 0 aliphatic carbocycles. The number of nitrogens with zero attached hydrogens (tertiary/aromatic N) is 2. The van der Waals surface area contributed by atoms with Crippen molar-refractivity contribution in [3.63, 3.8) is 0 Å². The number of hydrogen-bond donors (Lipinski definition) is 1. The Hall–Kier alpha value is -1.97. The summed E-state index contributed by atoms with van der Waals surface area (Å²) in [6, 6.07) is 6.86. The first-order valence-corrected chi connectivity index (χ1v) is 6.03. The predicted molar refractivity (Wildman–Crippen MR) is 70.9 cm³/mol. The van der Waals surface area contributed by atoms with Crippen molar-refractivity contribution in [3.8, 4) is 11.3 Å². The summed E-state index contributed by atoms with van der Waals surface area (Å²) in [6.07, 6.45) is 2.56. The van der Waals surface area contributed by atoms with Gasteiger partial charge in [-0.15, -0.1) is 0 Å². The van der Waals surface area contributed by atoms with Crippen molar-refractivity contribution in [2.75, 3.05) is 11.9 Å². The summed E-state index contributed by atoms with van der Waals surface area (Å²) < 4.78 is 13.2. The molecule has 1 N–H and O–H groups in total. The zero-order valence-corrected chi connectivity index (χ0v) is 10.6. The van der Waals surface area contributed by atoms with E-state index in [1.807, 2.05) is 6.07 Å². The number of aromatic nitrogens is 2. The average Bonchev–Trinajstić information content (AvgIpc) is 2.40. The van der Waals surface area contributed by atoms with Crippen LogP contribution in [0.15, 0.2) is 30.6 Å². The summed E-state index contributed by atoms with van der Waals surface area (Å²) in [5.74, 6) is 0.598. The molecule has 0 spiro atoms. The standard InChI is InChI=1S/C14H16FN3/c1-3-6-16-14-8-13(17-9-18-14)11-4-5-12(15)10(2)7-11/h4-5,7-9H,3,6H2,1-2H3,(H,16,17,18). The molecule has 1 aromatic heterocycles. The number of benzene rings is 1. The molecule has 1 heterocycles. The molecule has 0 atom stereocenters. The Labute approximate surface area is 106 Å². The van der Waals surface area contributed by atoms with Gasteiger partial charge in [0.2, 0.25) is 0 Å². The molecule has 0 amide bonds. The number of nitrogens with one attached hydrogen (secondary N) is 1. The van der Waals surface area contributed by atoms with Gasteiger partial charge in [0.15, 0.2) is 0 Å². The molecule has 94 valence electrons. The van der Waals surface area contributed by atoms with E-state index in [1.54, 1.807) is 19.1 Å². The summed E-state index contributed by atoms with van der Waals surface area (Å²) in [6.45, 7) is 4.72. The Morgan fingerprint density at radius 3 is 2.78 bits per heavy atom. The molecular formula is C14H16FN3. The van der Waals surface area contributed by atoms with Gasteiger partial charge in [0.05, 0.1) is 5.69 Å². The summed E-state index contributed by atoms with van der Waals surface area (Å²) in [7, 11) is 0. The summed E-state index contributed by atoms with van der Waals surface area (Å²) in [5.41, 5.74) is 2.32. The number of aryl methyl sites for hydroxylation is 1. The molecular weight excluding hydrogens is 229 g/mol. The van der Waals surface area contributed by atoms with Crippen LogP contribution < -0.4 is 5.32 Å². The molecule has 0 unspecified atom stereocenters. The topological polar surface area (TPSA) is 37.8 Å². The molecule has 2 rings (SSSR count). The molecule has 0 bridgehead atoms. The van der Waals surface area contributed by atoms with Crippen molar-refractivity contribution in [3.05, 3.63) is 42.0 Å². The molecule has 0 aliphatic heterocycles. The van der Waals surface area contributed by atoms with Crippen LogP contribution >= 0.6 is 0 Å². The van der Waals surface area contributed by atoms with Gasteiger partial charge in [-0.3, -0.25) is 0 Å². The molecule has 0 radical (unpaired) electrons. The van der Waals surface area contributed by atoms with Gasteiger partial charge in [-0.25, -0.2) is 14.4 Å². The van der Waals surface area contributed by atoms with Gasteiger partial charge in [-0.2, -0.15) is 0 Å². The van der Waals surface area contributed by atoms with Gasteiger partial charge in [0.25, 0.3) is 0 Å². The lowest BCUT2D eigenvalue weighted by Crippen LogP contribution is -2.02. The highest BCUT2D eigenvalue weighted by Crippen LogP contribution is 2.21. The first kappa shape index (κ1) is 12.5. The largest absolute Gasteiger partial charge is 0.370 e. The molecule has 0 saturated carbocycles. The SMILES string of the molecule is CCCNc1cc(-c2ccc(F)c(C)c2)ncn1. The second-order valence-electron chi connectivity index (χ2n) is 4.18. The van der Waals surface area contributed by atoms with Crippen molar-refractivity contribution >= 4 is 5.82 Å². The number of rotatable bonds is 4. The normalized spacial score (nSPS) is 10.4. The maximum Gasteiger partial charge on any atom is 0.129 e. The van der Waals surface area contributed by atoms with Crippen molar-refractivity contribution in [1.82, 2.24) is 9.97 Å². The monoisotopic (exact) mass is 245 g/mol. The molecule has 4 heteroatoms. The van der Waals surface area contributed by atoms with Crippen LogP contribution in [0.25, 0.3) is 11.3 Å². The van der Waals surface area contributed by atoms with Gasteiger partial charge in [-0.1, -0.05) is 6.92 Å². The van der Waals surface area contributed by atoms with Crippen LogP contribution in [0.5, 0.6) is 0 Å². The van der Waals surface area contributed by atoms with Crippen LogP contribution in [0.3, 0.4) is 0 Å². The number of anilines is 1. The third-order valence-corrected chi connectivity index (χ3v) is 2.68. The molecule has 0 aliphatic rings. The van der Waals surface area contributed by atoms with E-state index in [2.05, 4.69) is 22.2 Å². The second kappa shape index (κ2) is 5.58. The maximum absolute atomic E-state index is 13.2. The highest BCUT2D eigenvalue weighted by Gasteiger charge is 2.04. The van der Waals surface area contributed by atoms with E-state index in [4.69, 9.17) is 0 Å². The lowest BCUT2D eigenvalue weighted by atomic mass is 10.1. The molecule has 0 saturated heterocycles. The van der Waals surface area contributed by atoms with Crippen LogP contribution in [0.4, 0.5) is 10.2 Å². The van der Waals surface area contributed by atoms with Crippen LogP contribution in [0.2, 0.25) is 0 Å². The fourth-order valence-electron chi connectivity index (χ4n) is 1.67. The lowest BCUT2D eigenvalue weighted by Gasteiger charge is -2.06. The minimum atomic E-state index is -0.197. The first-order chi connectivity index (χ1) is 8.70. The molecule has 1 aromatic carbocycles. The third kappa shape index (κ3) is 2.83. The van der Waals surface area contributed by atoms with Gasteiger partial charge in [0, 0.05) is 18.2 Å². The first-order valence-electron chi connectivity index (χ1n) is 6.03. The van der Waals surface area contributed by atoms with Crippen molar-refractivity contribution < 1.29 is 4.39 Å². The van der Waals surface area contributed by atoms with Crippen LogP contribution in [0.1, 0.15) is 18.9 Å². The third-order valence-electron chi connectivity index (χ3n) is 2.68. The summed E-state index contributed by atoms with van der Waals surface area (Å²) in [4.78, 5) is 8.36. The van der Waals surface area contributed by atoms with E-state index < -0.39 is 0 Å².